The molecule has 32 heavy (non-hydrogen) atoms. The number of amides is 1. The molecule has 0 aliphatic carbocycles. The highest BCUT2D eigenvalue weighted by Crippen LogP contribution is 2.47. The molecule has 3 aromatic rings. The summed E-state index contributed by atoms with van der Waals surface area (Å²) in [6, 6.07) is 6.63. The van der Waals surface area contributed by atoms with E-state index >= 15 is 0 Å². The molecule has 5 nitrogen and oxygen atoms in total. The van der Waals surface area contributed by atoms with Gasteiger partial charge in [-0.05, 0) is 43.5 Å². The predicted molar refractivity (Wildman–Crippen MR) is 112 cm³/mol. The Kier molecular flexibility index (Phi) is 4.93. The fraction of sp³-hybridized carbons (Fsp3) is 0.304. The van der Waals surface area contributed by atoms with Crippen LogP contribution < -0.4 is 4.74 Å². The smallest absolute Gasteiger partial charge is 0.256 e. The maximum atomic E-state index is 13.9. The van der Waals surface area contributed by atoms with Crippen LogP contribution in [0.1, 0.15) is 40.5 Å². The second-order valence-corrected chi connectivity index (χ2v) is 8.45. The van der Waals surface area contributed by atoms with Gasteiger partial charge < -0.3 is 9.64 Å². The molecule has 1 amide bonds. The lowest BCUT2D eigenvalue weighted by Gasteiger charge is -2.34. The van der Waals surface area contributed by atoms with Crippen LogP contribution >= 0.6 is 11.6 Å². The van der Waals surface area contributed by atoms with Crippen molar-refractivity contribution in [3.05, 3.63) is 69.6 Å². The van der Waals surface area contributed by atoms with E-state index in [0.717, 1.165) is 24.1 Å². The van der Waals surface area contributed by atoms with Crippen molar-refractivity contribution in [2.75, 3.05) is 7.11 Å². The van der Waals surface area contributed by atoms with Crippen molar-refractivity contribution in [2.24, 2.45) is 7.05 Å². The number of halogens is 4. The Labute approximate surface area is 187 Å². The summed E-state index contributed by atoms with van der Waals surface area (Å²) in [5.74, 6) is -3.80. The zero-order chi connectivity index (χ0) is 22.7. The molecule has 2 bridgehead atoms. The molecule has 2 aliphatic heterocycles. The van der Waals surface area contributed by atoms with Crippen molar-refractivity contribution >= 4 is 17.5 Å². The number of benzene rings is 2. The lowest BCUT2D eigenvalue weighted by Crippen LogP contribution is -2.42. The van der Waals surface area contributed by atoms with Gasteiger partial charge in [0.15, 0.2) is 17.5 Å². The molecule has 166 valence electrons. The first-order valence-electron chi connectivity index (χ1n) is 10.2. The number of methoxy groups -OCH3 is 1. The number of rotatable bonds is 3. The van der Waals surface area contributed by atoms with E-state index in [2.05, 4.69) is 5.10 Å². The number of hydrogen-bond acceptors (Lipinski definition) is 3. The Bertz CT molecular complexity index is 1240. The average Bonchev–Trinajstić information content (AvgIpc) is 3.27. The maximum Gasteiger partial charge on any atom is 0.256 e. The van der Waals surface area contributed by atoms with E-state index in [9.17, 15) is 18.0 Å². The summed E-state index contributed by atoms with van der Waals surface area (Å²) in [5, 5.41) is 4.85. The minimum absolute atomic E-state index is 0.111. The quantitative estimate of drug-likeness (QED) is 0.512. The van der Waals surface area contributed by atoms with Gasteiger partial charge >= 0.3 is 0 Å². The van der Waals surface area contributed by atoms with Crippen molar-refractivity contribution < 1.29 is 22.7 Å². The molecule has 9 heteroatoms. The summed E-state index contributed by atoms with van der Waals surface area (Å²) in [7, 11) is 3.16. The first kappa shape index (κ1) is 20.9. The van der Waals surface area contributed by atoms with Crippen molar-refractivity contribution in [1.29, 1.82) is 0 Å². The third-order valence-electron chi connectivity index (χ3n) is 6.34. The van der Waals surface area contributed by atoms with E-state index in [1.807, 2.05) is 0 Å². The molecule has 0 radical (unpaired) electrons. The van der Waals surface area contributed by atoms with E-state index in [-0.39, 0.29) is 28.6 Å². The lowest BCUT2D eigenvalue weighted by atomic mass is 9.94. The molecule has 2 atom stereocenters. The first-order valence-corrected chi connectivity index (χ1v) is 10.6. The van der Waals surface area contributed by atoms with Gasteiger partial charge in [0.2, 0.25) is 0 Å². The molecular weight excluding hydrogens is 443 g/mol. The largest absolute Gasteiger partial charge is 0.495 e. The molecule has 2 aromatic carbocycles. The summed E-state index contributed by atoms with van der Waals surface area (Å²) in [6.07, 6.45) is 1.96. The molecule has 2 unspecified atom stereocenters. The molecule has 2 aliphatic rings. The van der Waals surface area contributed by atoms with Gasteiger partial charge in [-0.2, -0.15) is 5.10 Å². The van der Waals surface area contributed by atoms with E-state index in [4.69, 9.17) is 16.3 Å². The number of fused-ring (bicyclic) bond motifs is 4. The minimum Gasteiger partial charge on any atom is -0.495 e. The van der Waals surface area contributed by atoms with Crippen LogP contribution in [0.4, 0.5) is 13.2 Å². The van der Waals surface area contributed by atoms with E-state index in [1.165, 1.54) is 7.11 Å². The number of aryl methyl sites for hydroxylation is 1. The summed E-state index contributed by atoms with van der Waals surface area (Å²) in [4.78, 5) is 15.3. The summed E-state index contributed by atoms with van der Waals surface area (Å²) >= 11 is 6.40. The zero-order valence-electron chi connectivity index (χ0n) is 17.3. The van der Waals surface area contributed by atoms with Crippen LogP contribution in [-0.4, -0.2) is 33.7 Å². The fourth-order valence-electron chi connectivity index (χ4n) is 4.98. The normalized spacial score (nSPS) is 19.2. The van der Waals surface area contributed by atoms with Crippen LogP contribution in [0.5, 0.6) is 5.75 Å². The van der Waals surface area contributed by atoms with Crippen LogP contribution in [0.3, 0.4) is 0 Å². The van der Waals surface area contributed by atoms with Crippen LogP contribution in [0.2, 0.25) is 5.02 Å². The Hall–Kier alpha value is -3.00. The number of hydrogen-bond donors (Lipinski definition) is 0. The number of aromatic nitrogens is 2. The van der Waals surface area contributed by atoms with Crippen molar-refractivity contribution in [2.45, 2.75) is 31.3 Å². The average molecular weight is 462 g/mol. The molecule has 1 fully saturated rings. The Balaban J connectivity index is 1.57. The van der Waals surface area contributed by atoms with Crippen LogP contribution in [0, 0.1) is 17.5 Å². The standard InChI is InChI=1S/C23H19ClF3N3O2/c1-29-22(11-8-15(25)20(27)16(26)9-11)14-10-12-6-7-17(21(14)28-29)30(12)23(31)13-4-3-5-18(32-2)19(13)24/h3-5,8-9,12,17H,6-7,10H2,1-2H3. The van der Waals surface area contributed by atoms with Crippen molar-refractivity contribution in [3.63, 3.8) is 0 Å². The number of ether oxygens (including phenoxy) is 1. The topological polar surface area (TPSA) is 47.4 Å². The molecule has 3 heterocycles. The maximum absolute atomic E-state index is 13.9. The van der Waals surface area contributed by atoms with Gasteiger partial charge in [0.1, 0.15) is 5.75 Å². The van der Waals surface area contributed by atoms with Gasteiger partial charge in [0.05, 0.1) is 35.1 Å². The molecule has 5 rings (SSSR count). The van der Waals surface area contributed by atoms with Crippen LogP contribution in [-0.2, 0) is 13.5 Å². The minimum atomic E-state index is -1.50. The second-order valence-electron chi connectivity index (χ2n) is 8.08. The van der Waals surface area contributed by atoms with E-state index in [1.54, 1.807) is 34.8 Å². The molecule has 0 spiro atoms. The molecule has 0 saturated carbocycles. The lowest BCUT2D eigenvalue weighted by molar-refractivity contribution is 0.0642. The second kappa shape index (κ2) is 7.55. The van der Waals surface area contributed by atoms with Crippen molar-refractivity contribution in [3.8, 4) is 17.0 Å². The zero-order valence-corrected chi connectivity index (χ0v) is 18.1. The highest BCUT2D eigenvalue weighted by Gasteiger charge is 2.46. The van der Waals surface area contributed by atoms with Crippen LogP contribution in [0.15, 0.2) is 30.3 Å². The van der Waals surface area contributed by atoms with E-state index < -0.39 is 17.5 Å². The predicted octanol–water partition coefficient (Wildman–Crippen LogP) is 5.07. The van der Waals surface area contributed by atoms with Crippen molar-refractivity contribution in [1.82, 2.24) is 14.7 Å². The third kappa shape index (κ3) is 3.00. The Morgan fingerprint density at radius 1 is 1.19 bits per heavy atom. The third-order valence-corrected chi connectivity index (χ3v) is 6.73. The van der Waals surface area contributed by atoms with Gasteiger partial charge in [-0.1, -0.05) is 17.7 Å². The summed E-state index contributed by atoms with van der Waals surface area (Å²) in [5.41, 5.74) is 2.61. The van der Waals surface area contributed by atoms with Gasteiger partial charge in [-0.15, -0.1) is 0 Å². The Morgan fingerprint density at radius 3 is 2.59 bits per heavy atom. The molecule has 0 N–H and O–H groups in total. The van der Waals surface area contributed by atoms with Crippen LogP contribution in [0.25, 0.3) is 11.3 Å². The fourth-order valence-corrected chi connectivity index (χ4v) is 5.26. The van der Waals surface area contributed by atoms with Gasteiger partial charge in [0, 0.05) is 24.2 Å². The molecular formula is C23H19ClF3N3O2. The van der Waals surface area contributed by atoms with Gasteiger partial charge in [0.25, 0.3) is 5.91 Å². The summed E-state index contributed by atoms with van der Waals surface area (Å²) < 4.78 is 48.0. The Morgan fingerprint density at radius 2 is 1.91 bits per heavy atom. The SMILES string of the molecule is COc1cccc(C(=O)N2C3CCC2c2nn(C)c(-c4cc(F)c(F)c(F)c4)c2C3)c1Cl. The highest BCUT2D eigenvalue weighted by molar-refractivity contribution is 6.35. The number of carbonyl (C=O) groups is 1. The molecule has 1 saturated heterocycles. The number of carbonyl (C=O) groups excluding carboxylic acids is 1. The van der Waals surface area contributed by atoms with Gasteiger partial charge in [-0.3, -0.25) is 9.48 Å². The van der Waals surface area contributed by atoms with E-state index in [0.29, 0.717) is 35.5 Å². The summed E-state index contributed by atoms with van der Waals surface area (Å²) in [6.45, 7) is 0. The monoisotopic (exact) mass is 461 g/mol. The molecule has 1 aromatic heterocycles. The first-order chi connectivity index (χ1) is 15.3. The number of nitrogens with zero attached hydrogens (tertiary/aromatic N) is 3. The van der Waals surface area contributed by atoms with Gasteiger partial charge in [-0.25, -0.2) is 13.2 Å². The highest BCUT2D eigenvalue weighted by atomic mass is 35.5.